The quantitative estimate of drug-likeness (QED) is 0.0549. The molecule has 60 heavy (non-hydrogen) atoms. The van der Waals surface area contributed by atoms with Gasteiger partial charge < -0.3 is 19.4 Å². The molecule has 0 aliphatic heterocycles. The number of carbonyl (C=O) groups excluding carboxylic acids is 3. The summed E-state index contributed by atoms with van der Waals surface area (Å²) in [7, 11) is 0. The van der Waals surface area contributed by atoms with Crippen LogP contribution in [0.5, 0.6) is 5.75 Å². The molecule has 0 aliphatic carbocycles. The molecule has 0 amide bonds. The third-order valence-corrected chi connectivity index (χ3v) is 10.0. The number of ketones is 3. The molecule has 0 spiro atoms. The average Bonchev–Trinajstić information content (AvgIpc) is 3.27. The van der Waals surface area contributed by atoms with Crippen molar-refractivity contribution < 1.29 is 19.1 Å². The van der Waals surface area contributed by atoms with Crippen molar-refractivity contribution in [1.29, 1.82) is 0 Å². The van der Waals surface area contributed by atoms with Crippen molar-refractivity contribution in [2.45, 2.75) is 20.8 Å². The lowest BCUT2D eigenvalue weighted by Gasteiger charge is -2.31. The predicted molar refractivity (Wildman–Crippen MR) is 245 cm³/mol. The SMILES string of the molecule is C=CC(=O)COc1ccc(N(c2cccc(C)c2)c2cccc(N(c3ccc(C)cc3)c3cccc(N(c4ccc(C(=O)C(=O)C=C)cc4)c4cccc(C)c4)c3)c2)cc1. The van der Waals surface area contributed by atoms with Crippen LogP contribution in [0.4, 0.5) is 51.2 Å². The van der Waals surface area contributed by atoms with Gasteiger partial charge in [-0.1, -0.05) is 67.3 Å². The van der Waals surface area contributed by atoms with Gasteiger partial charge in [0.05, 0.1) is 0 Å². The zero-order valence-corrected chi connectivity index (χ0v) is 33.9. The van der Waals surface area contributed by atoms with E-state index in [1.807, 2.05) is 48.5 Å². The molecule has 0 saturated heterocycles. The highest BCUT2D eigenvalue weighted by Crippen LogP contribution is 2.43. The van der Waals surface area contributed by atoms with E-state index < -0.39 is 11.6 Å². The molecule has 296 valence electrons. The number of benzene rings is 7. The van der Waals surface area contributed by atoms with Crippen LogP contribution in [-0.2, 0) is 9.59 Å². The van der Waals surface area contributed by atoms with Crippen LogP contribution in [-0.4, -0.2) is 24.0 Å². The van der Waals surface area contributed by atoms with E-state index in [4.69, 9.17) is 4.74 Å². The molecular weight excluding hydrogens is 743 g/mol. The molecular formula is C53H45N3O4. The summed E-state index contributed by atoms with van der Waals surface area (Å²) >= 11 is 0. The first-order chi connectivity index (χ1) is 29.1. The number of carbonyl (C=O) groups is 3. The second-order valence-corrected chi connectivity index (χ2v) is 14.5. The molecule has 7 aromatic rings. The fourth-order valence-electron chi connectivity index (χ4n) is 7.01. The van der Waals surface area contributed by atoms with Gasteiger partial charge in [-0.3, -0.25) is 14.4 Å². The Morgan fingerprint density at radius 3 is 1.23 bits per heavy atom. The first kappa shape index (κ1) is 40.4. The van der Waals surface area contributed by atoms with Crippen LogP contribution >= 0.6 is 0 Å². The smallest absolute Gasteiger partial charge is 0.232 e. The Morgan fingerprint density at radius 2 is 0.833 bits per heavy atom. The fraction of sp³-hybridized carbons (Fsp3) is 0.0755. The maximum absolute atomic E-state index is 12.7. The standard InChI is InChI=1S/C53H45N3O4/c1-6-50(57)36-60-51-30-28-43(29-31-51)55(45-15-9-13-39(5)33-45)47-17-11-19-49(35-47)56(41-24-20-37(3)21-25-41)48-18-10-16-46(34-48)54(44-14-8-12-38(4)32-44)42-26-22-40(23-27-42)53(59)52(58)7-2/h6-35H,1-2,36H2,3-5H3. The van der Waals surface area contributed by atoms with Crippen LogP contribution in [0.25, 0.3) is 0 Å². The Balaban J connectivity index is 1.34. The van der Waals surface area contributed by atoms with Crippen molar-refractivity contribution in [2.24, 2.45) is 0 Å². The van der Waals surface area contributed by atoms with E-state index in [1.165, 1.54) is 6.08 Å². The Kier molecular flexibility index (Phi) is 12.3. The van der Waals surface area contributed by atoms with E-state index in [9.17, 15) is 14.4 Å². The van der Waals surface area contributed by atoms with Crippen molar-refractivity contribution >= 4 is 68.5 Å². The molecule has 0 radical (unpaired) electrons. The van der Waals surface area contributed by atoms with Gasteiger partial charge in [0.1, 0.15) is 5.75 Å². The van der Waals surface area contributed by atoms with E-state index in [1.54, 1.807) is 12.1 Å². The summed E-state index contributed by atoms with van der Waals surface area (Å²) in [6.45, 7) is 13.1. The van der Waals surface area contributed by atoms with Gasteiger partial charge in [0.25, 0.3) is 0 Å². The van der Waals surface area contributed by atoms with E-state index in [2.05, 4.69) is 158 Å². The summed E-state index contributed by atoms with van der Waals surface area (Å²) in [6.07, 6.45) is 2.30. The van der Waals surface area contributed by atoms with E-state index in [-0.39, 0.29) is 12.4 Å². The largest absolute Gasteiger partial charge is 0.485 e. The van der Waals surface area contributed by atoms with E-state index >= 15 is 0 Å². The summed E-state index contributed by atoms with van der Waals surface area (Å²) in [4.78, 5) is 43.3. The monoisotopic (exact) mass is 787 g/mol. The number of anilines is 9. The second-order valence-electron chi connectivity index (χ2n) is 14.5. The maximum Gasteiger partial charge on any atom is 0.232 e. The Hall–Kier alpha value is -7.77. The summed E-state index contributed by atoms with van der Waals surface area (Å²) in [6, 6.07) is 56.7. The van der Waals surface area contributed by atoms with Crippen molar-refractivity contribution in [1.82, 2.24) is 0 Å². The zero-order valence-electron chi connectivity index (χ0n) is 33.9. The highest BCUT2D eigenvalue weighted by atomic mass is 16.5. The number of ether oxygens (including phenoxy) is 1. The van der Waals surface area contributed by atoms with Gasteiger partial charge in [0.2, 0.25) is 11.6 Å². The fourth-order valence-corrected chi connectivity index (χ4v) is 7.01. The van der Waals surface area contributed by atoms with Crippen LogP contribution in [0.2, 0.25) is 0 Å². The molecule has 7 nitrogen and oxygen atoms in total. The number of rotatable bonds is 16. The van der Waals surface area contributed by atoms with Gasteiger partial charge in [0, 0.05) is 56.7 Å². The number of hydrogen-bond acceptors (Lipinski definition) is 7. The summed E-state index contributed by atoms with van der Waals surface area (Å²) in [5.41, 5.74) is 12.0. The molecule has 0 atom stereocenters. The summed E-state index contributed by atoms with van der Waals surface area (Å²) < 4.78 is 5.72. The molecule has 0 aliphatic rings. The van der Waals surface area contributed by atoms with Gasteiger partial charge in [0.15, 0.2) is 12.4 Å². The third-order valence-electron chi connectivity index (χ3n) is 10.0. The predicted octanol–water partition coefficient (Wildman–Crippen LogP) is 13.1. The normalized spacial score (nSPS) is 10.7. The molecule has 7 aromatic carbocycles. The van der Waals surface area contributed by atoms with Gasteiger partial charge in [-0.2, -0.15) is 0 Å². The number of nitrogens with zero attached hydrogens (tertiary/aromatic N) is 3. The van der Waals surface area contributed by atoms with Gasteiger partial charge in [-0.25, -0.2) is 0 Å². The maximum atomic E-state index is 12.7. The topological polar surface area (TPSA) is 70.2 Å². The van der Waals surface area contributed by atoms with E-state index in [0.29, 0.717) is 11.3 Å². The number of allylic oxidation sites excluding steroid dienone is 1. The van der Waals surface area contributed by atoms with E-state index in [0.717, 1.165) is 74.0 Å². The van der Waals surface area contributed by atoms with Crippen molar-refractivity contribution in [3.63, 3.8) is 0 Å². The molecule has 0 saturated carbocycles. The lowest BCUT2D eigenvalue weighted by molar-refractivity contribution is -0.116. The Bertz CT molecular complexity index is 2680. The first-order valence-electron chi connectivity index (χ1n) is 19.6. The first-order valence-corrected chi connectivity index (χ1v) is 19.6. The van der Waals surface area contributed by atoms with Gasteiger partial charge in [-0.05, 0) is 165 Å². The minimum absolute atomic E-state index is 0.0726. The molecule has 7 heteroatoms. The molecule has 0 heterocycles. The molecule has 0 unspecified atom stereocenters. The van der Waals surface area contributed by atoms with Gasteiger partial charge >= 0.3 is 0 Å². The molecule has 7 rings (SSSR count). The molecule has 0 fully saturated rings. The Labute approximate surface area is 351 Å². The minimum Gasteiger partial charge on any atom is -0.485 e. The van der Waals surface area contributed by atoms with Crippen LogP contribution in [0.15, 0.2) is 195 Å². The lowest BCUT2D eigenvalue weighted by Crippen LogP contribution is -2.15. The third kappa shape index (κ3) is 9.17. The average molecular weight is 788 g/mol. The number of hydrogen-bond donors (Lipinski definition) is 0. The second kappa shape index (κ2) is 18.2. The number of aryl methyl sites for hydroxylation is 3. The number of Topliss-reactive ketones (excluding diaryl/α,β-unsaturated/α-hetero) is 1. The summed E-state index contributed by atoms with van der Waals surface area (Å²) in [5.74, 6) is -0.840. The van der Waals surface area contributed by atoms with Crippen molar-refractivity contribution in [3.05, 3.63) is 217 Å². The molecule has 0 N–H and O–H groups in total. The minimum atomic E-state index is -0.644. The van der Waals surface area contributed by atoms with Crippen LogP contribution < -0.4 is 19.4 Å². The van der Waals surface area contributed by atoms with Crippen molar-refractivity contribution in [2.75, 3.05) is 21.3 Å². The lowest BCUT2D eigenvalue weighted by atomic mass is 10.1. The summed E-state index contributed by atoms with van der Waals surface area (Å²) in [5, 5.41) is 0. The molecule has 0 aromatic heterocycles. The van der Waals surface area contributed by atoms with Crippen LogP contribution in [0, 0.1) is 20.8 Å². The van der Waals surface area contributed by atoms with Crippen molar-refractivity contribution in [3.8, 4) is 5.75 Å². The Morgan fingerprint density at radius 1 is 0.450 bits per heavy atom. The highest BCUT2D eigenvalue weighted by molar-refractivity contribution is 6.47. The van der Waals surface area contributed by atoms with Crippen LogP contribution in [0.3, 0.4) is 0 Å². The molecule has 0 bridgehead atoms. The van der Waals surface area contributed by atoms with Gasteiger partial charge in [-0.15, -0.1) is 0 Å². The highest BCUT2D eigenvalue weighted by Gasteiger charge is 2.21. The van der Waals surface area contributed by atoms with Crippen LogP contribution in [0.1, 0.15) is 27.0 Å². The zero-order chi connectivity index (χ0) is 42.2.